The van der Waals surface area contributed by atoms with Crippen molar-refractivity contribution in [2.75, 3.05) is 5.32 Å². The Bertz CT molecular complexity index is 818. The first-order chi connectivity index (χ1) is 11.9. The summed E-state index contributed by atoms with van der Waals surface area (Å²) in [6.07, 6.45) is 0.0485. The van der Waals surface area contributed by atoms with E-state index in [1.807, 2.05) is 6.92 Å². The molecule has 0 aromatic heterocycles. The lowest BCUT2D eigenvalue weighted by atomic mass is 10.2. The van der Waals surface area contributed by atoms with Crippen LogP contribution in [0.4, 0.5) is 5.69 Å². The molecule has 0 fully saturated rings. The van der Waals surface area contributed by atoms with Gasteiger partial charge in [-0.1, -0.05) is 29.3 Å². The van der Waals surface area contributed by atoms with Crippen LogP contribution < -0.4 is 10.7 Å². The van der Waals surface area contributed by atoms with Crippen molar-refractivity contribution >= 4 is 46.4 Å². The minimum absolute atomic E-state index is 0.0485. The summed E-state index contributed by atoms with van der Waals surface area (Å²) in [7, 11) is 0. The number of halogens is 2. The number of hydrogen-bond acceptors (Lipinski definition) is 3. The van der Waals surface area contributed by atoms with E-state index in [1.165, 1.54) is 0 Å². The Morgan fingerprint density at radius 1 is 1.08 bits per heavy atom. The number of carbonyl (C=O) groups excluding carboxylic acids is 2. The molecule has 2 amide bonds. The van der Waals surface area contributed by atoms with E-state index in [0.29, 0.717) is 27.0 Å². The number of anilines is 1. The fraction of sp³-hybridized carbons (Fsp3) is 0.167. The van der Waals surface area contributed by atoms with Gasteiger partial charge in [-0.3, -0.25) is 9.59 Å². The molecule has 0 heterocycles. The molecule has 130 valence electrons. The predicted octanol–water partition coefficient (Wildman–Crippen LogP) is 4.44. The highest BCUT2D eigenvalue weighted by molar-refractivity contribution is 6.31. The van der Waals surface area contributed by atoms with Crippen LogP contribution in [0, 0.1) is 6.92 Å². The van der Waals surface area contributed by atoms with E-state index in [-0.39, 0.29) is 18.2 Å². The van der Waals surface area contributed by atoms with Crippen molar-refractivity contribution in [3.05, 3.63) is 63.6 Å². The van der Waals surface area contributed by atoms with Gasteiger partial charge in [-0.05, 0) is 55.8 Å². The van der Waals surface area contributed by atoms with Crippen LogP contribution in [0.1, 0.15) is 29.3 Å². The van der Waals surface area contributed by atoms with Crippen LogP contribution in [0.25, 0.3) is 0 Å². The average Bonchev–Trinajstić information content (AvgIpc) is 2.57. The fourth-order valence-corrected chi connectivity index (χ4v) is 2.32. The molecule has 2 rings (SSSR count). The normalized spacial score (nSPS) is 11.1. The SMILES string of the molecule is C/C(CC(=O)Nc1cccc(Cl)c1C)=N\NC(=O)c1ccc(Cl)cc1. The van der Waals surface area contributed by atoms with E-state index in [4.69, 9.17) is 23.2 Å². The van der Waals surface area contributed by atoms with E-state index < -0.39 is 0 Å². The minimum Gasteiger partial charge on any atom is -0.325 e. The number of hydrogen-bond donors (Lipinski definition) is 2. The van der Waals surface area contributed by atoms with Crippen molar-refractivity contribution in [1.29, 1.82) is 0 Å². The van der Waals surface area contributed by atoms with Crippen molar-refractivity contribution in [1.82, 2.24) is 5.43 Å². The summed E-state index contributed by atoms with van der Waals surface area (Å²) in [6.45, 7) is 3.48. The molecule has 0 bridgehead atoms. The van der Waals surface area contributed by atoms with Crippen LogP contribution >= 0.6 is 23.2 Å². The predicted molar refractivity (Wildman–Crippen MR) is 101 cm³/mol. The average molecular weight is 378 g/mol. The molecule has 0 radical (unpaired) electrons. The maximum absolute atomic E-state index is 12.1. The topological polar surface area (TPSA) is 70.6 Å². The Balaban J connectivity index is 1.92. The zero-order chi connectivity index (χ0) is 18.4. The molecule has 0 atom stereocenters. The molecule has 7 heteroatoms. The molecule has 0 saturated carbocycles. The molecule has 0 saturated heterocycles. The van der Waals surface area contributed by atoms with Gasteiger partial charge in [-0.25, -0.2) is 5.43 Å². The van der Waals surface area contributed by atoms with Crippen LogP contribution in [-0.4, -0.2) is 17.5 Å². The lowest BCUT2D eigenvalue weighted by molar-refractivity contribution is -0.115. The number of amides is 2. The van der Waals surface area contributed by atoms with Gasteiger partial charge in [0.15, 0.2) is 0 Å². The summed E-state index contributed by atoms with van der Waals surface area (Å²) in [6, 6.07) is 11.7. The number of hydrazone groups is 1. The standard InChI is InChI=1S/C18H17Cl2N3O2/c1-11(22-23-18(25)13-6-8-14(19)9-7-13)10-17(24)21-16-5-3-4-15(20)12(16)2/h3-9H,10H2,1-2H3,(H,21,24)(H,23,25)/b22-11+. The maximum Gasteiger partial charge on any atom is 0.271 e. The largest absolute Gasteiger partial charge is 0.325 e. The molecule has 0 aliphatic carbocycles. The molecule has 2 aromatic carbocycles. The summed E-state index contributed by atoms with van der Waals surface area (Å²) in [5.74, 6) is -0.616. The number of benzene rings is 2. The van der Waals surface area contributed by atoms with E-state index in [9.17, 15) is 9.59 Å². The monoisotopic (exact) mass is 377 g/mol. The summed E-state index contributed by atoms with van der Waals surface area (Å²) in [5.41, 5.74) is 4.76. The van der Waals surface area contributed by atoms with E-state index in [0.717, 1.165) is 5.56 Å². The molecule has 5 nitrogen and oxygen atoms in total. The van der Waals surface area contributed by atoms with Crippen LogP contribution in [0.2, 0.25) is 10.0 Å². The van der Waals surface area contributed by atoms with Gasteiger partial charge in [0.1, 0.15) is 0 Å². The van der Waals surface area contributed by atoms with Crippen molar-refractivity contribution in [3.63, 3.8) is 0 Å². The second-order valence-corrected chi connectivity index (χ2v) is 6.28. The Labute approximate surface area is 156 Å². The summed E-state index contributed by atoms with van der Waals surface area (Å²) in [5, 5.41) is 7.85. The Morgan fingerprint density at radius 2 is 1.76 bits per heavy atom. The van der Waals surface area contributed by atoms with Crippen molar-refractivity contribution in [2.24, 2.45) is 5.10 Å². The zero-order valence-electron chi connectivity index (χ0n) is 13.8. The first-order valence-corrected chi connectivity index (χ1v) is 8.26. The highest BCUT2D eigenvalue weighted by Gasteiger charge is 2.09. The first-order valence-electron chi connectivity index (χ1n) is 7.51. The fourth-order valence-electron chi connectivity index (χ4n) is 2.02. The first kappa shape index (κ1) is 19.0. The van der Waals surface area contributed by atoms with E-state index in [1.54, 1.807) is 49.4 Å². The molecule has 25 heavy (non-hydrogen) atoms. The third-order valence-corrected chi connectivity index (χ3v) is 4.07. The van der Waals surface area contributed by atoms with Gasteiger partial charge in [0.05, 0.1) is 6.42 Å². The highest BCUT2D eigenvalue weighted by atomic mass is 35.5. The molecule has 0 unspecified atom stereocenters. The van der Waals surface area contributed by atoms with Gasteiger partial charge in [0, 0.05) is 27.0 Å². The number of carbonyl (C=O) groups is 2. The molecule has 2 N–H and O–H groups in total. The molecule has 2 aromatic rings. The van der Waals surface area contributed by atoms with Crippen LogP contribution in [0.5, 0.6) is 0 Å². The quantitative estimate of drug-likeness (QED) is 0.597. The van der Waals surface area contributed by atoms with Crippen molar-refractivity contribution < 1.29 is 9.59 Å². The van der Waals surface area contributed by atoms with Crippen LogP contribution in [0.3, 0.4) is 0 Å². The molecular formula is C18H17Cl2N3O2. The molecule has 0 spiro atoms. The highest BCUT2D eigenvalue weighted by Crippen LogP contribution is 2.22. The van der Waals surface area contributed by atoms with Crippen LogP contribution in [-0.2, 0) is 4.79 Å². The number of rotatable bonds is 5. The van der Waals surface area contributed by atoms with Crippen molar-refractivity contribution in [3.8, 4) is 0 Å². The molecule has 0 aliphatic rings. The van der Waals surface area contributed by atoms with Gasteiger partial charge < -0.3 is 5.32 Å². The minimum atomic E-state index is -0.373. The number of nitrogens with one attached hydrogen (secondary N) is 2. The lowest BCUT2D eigenvalue weighted by Gasteiger charge is -2.09. The Morgan fingerprint density at radius 3 is 2.44 bits per heavy atom. The zero-order valence-corrected chi connectivity index (χ0v) is 15.3. The van der Waals surface area contributed by atoms with Gasteiger partial charge in [-0.15, -0.1) is 0 Å². The van der Waals surface area contributed by atoms with Crippen LogP contribution in [0.15, 0.2) is 47.6 Å². The van der Waals surface area contributed by atoms with Gasteiger partial charge >= 0.3 is 0 Å². The van der Waals surface area contributed by atoms with Crippen molar-refractivity contribution in [2.45, 2.75) is 20.3 Å². The summed E-state index contributed by atoms with van der Waals surface area (Å²) in [4.78, 5) is 24.0. The second-order valence-electron chi connectivity index (χ2n) is 5.43. The summed E-state index contributed by atoms with van der Waals surface area (Å²) < 4.78 is 0. The van der Waals surface area contributed by atoms with Gasteiger partial charge in [0.2, 0.25) is 5.91 Å². The second kappa shape index (κ2) is 8.65. The number of nitrogens with zero attached hydrogens (tertiary/aromatic N) is 1. The molecule has 0 aliphatic heterocycles. The maximum atomic E-state index is 12.1. The van der Waals surface area contributed by atoms with Gasteiger partial charge in [0.25, 0.3) is 5.91 Å². The van der Waals surface area contributed by atoms with E-state index in [2.05, 4.69) is 15.8 Å². The van der Waals surface area contributed by atoms with Gasteiger partial charge in [-0.2, -0.15) is 5.10 Å². The molecular weight excluding hydrogens is 361 g/mol. The smallest absolute Gasteiger partial charge is 0.271 e. The lowest BCUT2D eigenvalue weighted by Crippen LogP contribution is -2.21. The Kier molecular flexibility index (Phi) is 6.56. The summed E-state index contributed by atoms with van der Waals surface area (Å²) >= 11 is 11.8. The van der Waals surface area contributed by atoms with E-state index >= 15 is 0 Å². The third-order valence-electron chi connectivity index (χ3n) is 3.41. The third kappa shape index (κ3) is 5.59. The Hall–Kier alpha value is -2.37.